The summed E-state index contributed by atoms with van der Waals surface area (Å²) in [7, 11) is 3.96. The number of amides is 2. The average Bonchev–Trinajstić information content (AvgIpc) is 2.98. The molecule has 1 heterocycles. The Labute approximate surface area is 216 Å². The van der Waals surface area contributed by atoms with E-state index in [4.69, 9.17) is 0 Å². The lowest BCUT2D eigenvalue weighted by atomic mass is 10.1. The van der Waals surface area contributed by atoms with E-state index in [1.54, 1.807) is 0 Å². The van der Waals surface area contributed by atoms with Gasteiger partial charge in [0, 0.05) is 51.3 Å². The van der Waals surface area contributed by atoms with Gasteiger partial charge in [-0.15, -0.1) is 24.0 Å². The van der Waals surface area contributed by atoms with Gasteiger partial charge >= 0.3 is 0 Å². The maximum atomic E-state index is 12.4. The molecule has 0 spiro atoms. The number of likely N-dealkylation sites (N-methyl/N-ethyl adjacent to an activating group) is 1. The lowest BCUT2D eigenvalue weighted by Gasteiger charge is -2.20. The molecule has 1 aromatic rings. The summed E-state index contributed by atoms with van der Waals surface area (Å²) < 4.78 is 0. The number of carbonyl (C=O) groups is 2. The Morgan fingerprint density at radius 2 is 1.94 bits per heavy atom. The Bertz CT molecular complexity index is 756. The first kappa shape index (κ1) is 29.2. The number of halogens is 1. The van der Waals surface area contributed by atoms with Crippen LogP contribution in [-0.4, -0.2) is 80.9 Å². The average molecular weight is 573 g/mol. The summed E-state index contributed by atoms with van der Waals surface area (Å²) in [6.07, 6.45) is 4.85. The smallest absolute Gasteiger partial charge is 0.251 e. The minimum atomic E-state index is -0.0641. The molecule has 9 heteroatoms. The Morgan fingerprint density at radius 3 is 2.70 bits per heavy atom. The van der Waals surface area contributed by atoms with Crippen LogP contribution in [-0.2, 0) is 11.3 Å². The van der Waals surface area contributed by atoms with Crippen LogP contribution in [0.25, 0.3) is 0 Å². The van der Waals surface area contributed by atoms with Gasteiger partial charge in [0.1, 0.15) is 0 Å². The van der Waals surface area contributed by atoms with Crippen LogP contribution in [0.1, 0.15) is 54.9 Å². The zero-order valence-electron chi connectivity index (χ0n) is 20.4. The van der Waals surface area contributed by atoms with Gasteiger partial charge in [-0.1, -0.05) is 18.6 Å². The fraction of sp³-hybridized carbons (Fsp3) is 0.625. The molecule has 1 aromatic carbocycles. The van der Waals surface area contributed by atoms with Crippen LogP contribution in [0.4, 0.5) is 0 Å². The van der Waals surface area contributed by atoms with E-state index in [1.807, 2.05) is 55.1 Å². The number of hydrogen-bond acceptors (Lipinski definition) is 4. The monoisotopic (exact) mass is 572 g/mol. The molecule has 1 saturated heterocycles. The van der Waals surface area contributed by atoms with Crippen LogP contribution in [0.15, 0.2) is 29.3 Å². The second-order valence-electron chi connectivity index (χ2n) is 8.43. The van der Waals surface area contributed by atoms with E-state index in [0.29, 0.717) is 25.1 Å². The van der Waals surface area contributed by atoms with Gasteiger partial charge in [-0.3, -0.25) is 9.59 Å². The first-order chi connectivity index (χ1) is 15.5. The molecule has 0 saturated carbocycles. The van der Waals surface area contributed by atoms with Gasteiger partial charge in [0.05, 0.1) is 6.54 Å². The molecule has 33 heavy (non-hydrogen) atoms. The van der Waals surface area contributed by atoms with Crippen molar-refractivity contribution in [2.45, 2.75) is 45.6 Å². The van der Waals surface area contributed by atoms with Crippen molar-refractivity contribution < 1.29 is 9.59 Å². The predicted molar refractivity (Wildman–Crippen MR) is 145 cm³/mol. The summed E-state index contributed by atoms with van der Waals surface area (Å²) in [6, 6.07) is 7.59. The Kier molecular flexibility index (Phi) is 14.7. The summed E-state index contributed by atoms with van der Waals surface area (Å²) in [5, 5.41) is 9.56. The molecule has 186 valence electrons. The Hall–Kier alpha value is -1.88. The summed E-state index contributed by atoms with van der Waals surface area (Å²) in [5.74, 6) is 0.968. The van der Waals surface area contributed by atoms with Crippen molar-refractivity contribution in [3.8, 4) is 0 Å². The van der Waals surface area contributed by atoms with Gasteiger partial charge in [0.15, 0.2) is 5.96 Å². The van der Waals surface area contributed by atoms with E-state index in [2.05, 4.69) is 20.9 Å². The van der Waals surface area contributed by atoms with Gasteiger partial charge < -0.3 is 25.8 Å². The lowest BCUT2D eigenvalue weighted by molar-refractivity contribution is -0.130. The van der Waals surface area contributed by atoms with Gasteiger partial charge in [0.25, 0.3) is 5.91 Å². The quantitative estimate of drug-likeness (QED) is 0.164. The zero-order valence-corrected chi connectivity index (χ0v) is 22.7. The van der Waals surface area contributed by atoms with Crippen LogP contribution >= 0.6 is 24.0 Å². The molecule has 1 aliphatic rings. The van der Waals surface area contributed by atoms with Crippen molar-refractivity contribution in [3.63, 3.8) is 0 Å². The van der Waals surface area contributed by atoms with Crippen LogP contribution in [0.5, 0.6) is 0 Å². The van der Waals surface area contributed by atoms with Crippen molar-refractivity contribution in [1.29, 1.82) is 0 Å². The molecule has 0 aliphatic carbocycles. The largest absolute Gasteiger partial charge is 0.357 e. The van der Waals surface area contributed by atoms with Crippen molar-refractivity contribution in [3.05, 3.63) is 35.4 Å². The van der Waals surface area contributed by atoms with E-state index >= 15 is 0 Å². The van der Waals surface area contributed by atoms with Crippen molar-refractivity contribution in [2.75, 3.05) is 53.4 Å². The number of nitrogens with one attached hydrogen (secondary N) is 3. The first-order valence-corrected chi connectivity index (χ1v) is 11.8. The van der Waals surface area contributed by atoms with Crippen molar-refractivity contribution in [2.24, 2.45) is 4.99 Å². The number of nitrogens with zero attached hydrogens (tertiary/aromatic N) is 3. The highest BCUT2D eigenvalue weighted by atomic mass is 127. The molecule has 2 rings (SSSR count). The lowest BCUT2D eigenvalue weighted by Crippen LogP contribution is -2.39. The maximum absolute atomic E-state index is 12.4. The Morgan fingerprint density at radius 1 is 1.12 bits per heavy atom. The molecule has 0 radical (unpaired) electrons. The fourth-order valence-electron chi connectivity index (χ4n) is 3.57. The number of aliphatic imine (C=N–C) groups is 1. The molecule has 0 unspecified atom stereocenters. The van der Waals surface area contributed by atoms with Gasteiger partial charge in [-0.2, -0.15) is 0 Å². The maximum Gasteiger partial charge on any atom is 0.251 e. The van der Waals surface area contributed by atoms with Crippen LogP contribution in [0.3, 0.4) is 0 Å². The second-order valence-corrected chi connectivity index (χ2v) is 8.43. The summed E-state index contributed by atoms with van der Waals surface area (Å²) in [5.41, 5.74) is 1.63. The second kappa shape index (κ2) is 16.7. The number of hydrogen-bond donors (Lipinski definition) is 3. The normalized spacial score (nSPS) is 14.5. The van der Waals surface area contributed by atoms with E-state index in [1.165, 1.54) is 0 Å². The highest BCUT2D eigenvalue weighted by Crippen LogP contribution is 2.11. The molecule has 0 atom stereocenters. The molecular formula is C24H41IN6O2. The van der Waals surface area contributed by atoms with Crippen LogP contribution < -0.4 is 16.0 Å². The topological polar surface area (TPSA) is 89.1 Å². The number of rotatable bonds is 11. The number of benzene rings is 1. The molecular weight excluding hydrogens is 531 g/mol. The summed E-state index contributed by atoms with van der Waals surface area (Å²) in [6.45, 7) is 7.13. The molecule has 8 nitrogen and oxygen atoms in total. The number of likely N-dealkylation sites (tertiary alicyclic amines) is 1. The third-order valence-corrected chi connectivity index (χ3v) is 5.37. The highest BCUT2D eigenvalue weighted by Gasteiger charge is 2.15. The molecule has 1 aliphatic heterocycles. The van der Waals surface area contributed by atoms with Gasteiger partial charge in [0.2, 0.25) is 5.91 Å². The van der Waals surface area contributed by atoms with E-state index in [-0.39, 0.29) is 35.8 Å². The van der Waals surface area contributed by atoms with E-state index in [9.17, 15) is 9.59 Å². The van der Waals surface area contributed by atoms with Crippen LogP contribution in [0.2, 0.25) is 0 Å². The van der Waals surface area contributed by atoms with E-state index < -0.39 is 0 Å². The number of guanidine groups is 1. The highest BCUT2D eigenvalue weighted by molar-refractivity contribution is 14.0. The van der Waals surface area contributed by atoms with Crippen molar-refractivity contribution >= 4 is 41.8 Å². The summed E-state index contributed by atoms with van der Waals surface area (Å²) in [4.78, 5) is 33.1. The minimum absolute atomic E-state index is 0. The third-order valence-electron chi connectivity index (χ3n) is 5.37. The first-order valence-electron chi connectivity index (χ1n) is 11.8. The molecule has 1 fully saturated rings. The third kappa shape index (κ3) is 11.7. The molecule has 0 aromatic heterocycles. The van der Waals surface area contributed by atoms with E-state index in [0.717, 1.165) is 69.9 Å². The van der Waals surface area contributed by atoms with Gasteiger partial charge in [-0.25, -0.2) is 4.99 Å². The molecule has 2 amide bonds. The van der Waals surface area contributed by atoms with Gasteiger partial charge in [-0.05, 0) is 58.0 Å². The predicted octanol–water partition coefficient (Wildman–Crippen LogP) is 2.44. The SMILES string of the molecule is CCNC(=NCc1cccc(C(=O)NCCN(C)C)c1)NCCCN1CCCCCC1=O.I. The number of carbonyl (C=O) groups excluding carboxylic acids is 2. The van der Waals surface area contributed by atoms with Crippen LogP contribution in [0, 0.1) is 0 Å². The Balaban J connectivity index is 0.00000544. The minimum Gasteiger partial charge on any atom is -0.357 e. The zero-order chi connectivity index (χ0) is 23.2. The standard InChI is InChI=1S/C24H40N6O2.HI/c1-4-25-24(27-13-9-16-30-15-7-5-6-12-22(30)31)28-19-20-10-8-11-21(18-20)23(32)26-14-17-29(2)3;/h8,10-11,18H,4-7,9,12-17,19H2,1-3H3,(H,26,32)(H2,25,27,28);1H. The summed E-state index contributed by atoms with van der Waals surface area (Å²) >= 11 is 0. The fourth-order valence-corrected chi connectivity index (χ4v) is 3.57. The molecule has 3 N–H and O–H groups in total. The van der Waals surface area contributed by atoms with Crippen molar-refractivity contribution in [1.82, 2.24) is 25.8 Å². The molecule has 0 bridgehead atoms.